The molecule has 1 N–H and O–H groups in total. The zero-order valence-electron chi connectivity index (χ0n) is 15.3. The van der Waals surface area contributed by atoms with E-state index in [0.717, 1.165) is 12.0 Å². The smallest absolute Gasteiger partial charge is 0.296 e. The molecular formula is C19H20N2O6. The van der Waals surface area contributed by atoms with Crippen molar-refractivity contribution in [2.24, 2.45) is 0 Å². The first-order valence-electron chi connectivity index (χ1n) is 8.35. The Labute approximate surface area is 156 Å². The lowest BCUT2D eigenvalue weighted by Gasteiger charge is -2.18. The number of fused-ring (bicyclic) bond motifs is 1. The van der Waals surface area contributed by atoms with Crippen LogP contribution in [0.4, 0.5) is 11.4 Å². The van der Waals surface area contributed by atoms with Crippen molar-refractivity contribution in [3.63, 3.8) is 0 Å². The van der Waals surface area contributed by atoms with Crippen LogP contribution in [0.3, 0.4) is 0 Å². The number of anilines is 1. The van der Waals surface area contributed by atoms with Gasteiger partial charge in [-0.15, -0.1) is 0 Å². The molecule has 1 aliphatic rings. The van der Waals surface area contributed by atoms with Gasteiger partial charge in [-0.1, -0.05) is 12.1 Å². The molecule has 1 aliphatic heterocycles. The minimum Gasteiger partial charge on any atom is -0.496 e. The van der Waals surface area contributed by atoms with E-state index in [4.69, 9.17) is 14.2 Å². The van der Waals surface area contributed by atoms with Gasteiger partial charge in [-0.3, -0.25) is 14.9 Å². The Morgan fingerprint density at radius 1 is 1.33 bits per heavy atom. The van der Waals surface area contributed by atoms with Gasteiger partial charge >= 0.3 is 0 Å². The predicted octanol–water partition coefficient (Wildman–Crippen LogP) is 3.33. The second kappa shape index (κ2) is 7.14. The number of benzene rings is 2. The molecule has 1 heterocycles. The SMILES string of the molecule is COc1ccc(NC(=O)COc2cccc3c2OC(C)(C)C3)c([N+](=O)[O-])c1. The molecule has 0 aliphatic carbocycles. The van der Waals surface area contributed by atoms with Gasteiger partial charge < -0.3 is 19.5 Å². The van der Waals surface area contributed by atoms with E-state index in [0.29, 0.717) is 17.2 Å². The highest BCUT2D eigenvalue weighted by Gasteiger charge is 2.32. The van der Waals surface area contributed by atoms with Crippen molar-refractivity contribution >= 4 is 17.3 Å². The van der Waals surface area contributed by atoms with Crippen molar-refractivity contribution in [2.45, 2.75) is 25.9 Å². The minimum atomic E-state index is -0.584. The topological polar surface area (TPSA) is 99.9 Å². The Morgan fingerprint density at radius 3 is 2.81 bits per heavy atom. The average Bonchev–Trinajstić information content (AvgIpc) is 2.94. The summed E-state index contributed by atoms with van der Waals surface area (Å²) in [5.74, 6) is 0.914. The van der Waals surface area contributed by atoms with Crippen molar-refractivity contribution in [1.29, 1.82) is 0 Å². The molecule has 0 saturated heterocycles. The molecule has 0 radical (unpaired) electrons. The standard InChI is InChI=1S/C19H20N2O6/c1-19(2)10-12-5-4-6-16(18(12)27-19)26-11-17(22)20-14-8-7-13(25-3)9-15(14)21(23)24/h4-9H,10-11H2,1-3H3,(H,20,22). The molecule has 27 heavy (non-hydrogen) atoms. The number of nitro groups is 1. The molecule has 0 fully saturated rings. The number of hydrogen-bond donors (Lipinski definition) is 1. The number of carbonyl (C=O) groups excluding carboxylic acids is 1. The molecule has 0 saturated carbocycles. The maximum atomic E-state index is 12.2. The monoisotopic (exact) mass is 372 g/mol. The Hall–Kier alpha value is -3.29. The first-order chi connectivity index (χ1) is 12.8. The lowest BCUT2D eigenvalue weighted by molar-refractivity contribution is -0.384. The lowest BCUT2D eigenvalue weighted by atomic mass is 10.0. The molecule has 0 aromatic heterocycles. The summed E-state index contributed by atoms with van der Waals surface area (Å²) >= 11 is 0. The lowest BCUT2D eigenvalue weighted by Crippen LogP contribution is -2.25. The van der Waals surface area contributed by atoms with Crippen molar-refractivity contribution in [1.82, 2.24) is 0 Å². The molecular weight excluding hydrogens is 352 g/mol. The Balaban J connectivity index is 1.69. The minimum absolute atomic E-state index is 0.0741. The Kier molecular flexibility index (Phi) is 4.89. The largest absolute Gasteiger partial charge is 0.496 e. The second-order valence-corrected chi connectivity index (χ2v) is 6.76. The van der Waals surface area contributed by atoms with Crippen molar-refractivity contribution < 1.29 is 23.9 Å². The summed E-state index contributed by atoms with van der Waals surface area (Å²) in [5.41, 5.74) is 0.510. The van der Waals surface area contributed by atoms with E-state index >= 15 is 0 Å². The van der Waals surface area contributed by atoms with Gasteiger partial charge in [-0.2, -0.15) is 0 Å². The van der Waals surface area contributed by atoms with Crippen LogP contribution in [0.5, 0.6) is 17.2 Å². The average molecular weight is 372 g/mol. The third-order valence-electron chi connectivity index (χ3n) is 4.09. The number of amides is 1. The molecule has 142 valence electrons. The molecule has 1 amide bonds. The van der Waals surface area contributed by atoms with Crippen molar-refractivity contribution in [3.05, 3.63) is 52.1 Å². The summed E-state index contributed by atoms with van der Waals surface area (Å²) in [6.45, 7) is 3.65. The molecule has 0 bridgehead atoms. The summed E-state index contributed by atoms with van der Waals surface area (Å²) in [5, 5.41) is 13.7. The van der Waals surface area contributed by atoms with E-state index in [1.165, 1.54) is 25.3 Å². The Bertz CT molecular complexity index is 894. The highest BCUT2D eigenvalue weighted by molar-refractivity contribution is 5.94. The maximum Gasteiger partial charge on any atom is 0.296 e. The predicted molar refractivity (Wildman–Crippen MR) is 98.6 cm³/mol. The maximum absolute atomic E-state index is 12.2. The fourth-order valence-corrected chi connectivity index (χ4v) is 2.93. The third kappa shape index (κ3) is 4.11. The van der Waals surface area contributed by atoms with Crippen LogP contribution >= 0.6 is 0 Å². The molecule has 0 atom stereocenters. The third-order valence-corrected chi connectivity index (χ3v) is 4.09. The van der Waals surface area contributed by atoms with Crippen LogP contribution in [0.25, 0.3) is 0 Å². The van der Waals surface area contributed by atoms with Gasteiger partial charge in [0.15, 0.2) is 18.1 Å². The van der Waals surface area contributed by atoms with E-state index < -0.39 is 10.8 Å². The van der Waals surface area contributed by atoms with Crippen LogP contribution in [0.2, 0.25) is 0 Å². The highest BCUT2D eigenvalue weighted by Crippen LogP contribution is 2.41. The first-order valence-corrected chi connectivity index (χ1v) is 8.35. The van der Waals surface area contributed by atoms with Gasteiger partial charge in [-0.05, 0) is 32.0 Å². The van der Waals surface area contributed by atoms with Gasteiger partial charge in [0, 0.05) is 12.0 Å². The number of ether oxygens (including phenoxy) is 3. The number of methoxy groups -OCH3 is 1. The number of nitrogens with one attached hydrogen (secondary N) is 1. The fourth-order valence-electron chi connectivity index (χ4n) is 2.93. The quantitative estimate of drug-likeness (QED) is 0.617. The van der Waals surface area contributed by atoms with Crippen LogP contribution in [-0.4, -0.2) is 30.1 Å². The molecule has 8 nitrogen and oxygen atoms in total. The van der Waals surface area contributed by atoms with E-state index in [1.807, 2.05) is 26.0 Å². The zero-order chi connectivity index (χ0) is 19.6. The van der Waals surface area contributed by atoms with Crippen LogP contribution in [0.1, 0.15) is 19.4 Å². The van der Waals surface area contributed by atoms with Crippen LogP contribution in [0, 0.1) is 10.1 Å². The van der Waals surface area contributed by atoms with Crippen LogP contribution in [0.15, 0.2) is 36.4 Å². The number of para-hydroxylation sites is 1. The van der Waals surface area contributed by atoms with Gasteiger partial charge in [0.05, 0.1) is 18.1 Å². The summed E-state index contributed by atoms with van der Waals surface area (Å²) < 4.78 is 16.5. The van der Waals surface area contributed by atoms with E-state index in [2.05, 4.69) is 5.32 Å². The molecule has 8 heteroatoms. The first kappa shape index (κ1) is 18.5. The van der Waals surface area contributed by atoms with E-state index in [1.54, 1.807) is 6.07 Å². The van der Waals surface area contributed by atoms with Gasteiger partial charge in [-0.25, -0.2) is 0 Å². The molecule has 0 unspecified atom stereocenters. The van der Waals surface area contributed by atoms with Crippen LogP contribution < -0.4 is 19.5 Å². The molecule has 0 spiro atoms. The summed E-state index contributed by atoms with van der Waals surface area (Å²) in [4.78, 5) is 22.8. The number of rotatable bonds is 6. The zero-order valence-corrected chi connectivity index (χ0v) is 15.3. The van der Waals surface area contributed by atoms with Gasteiger partial charge in [0.2, 0.25) is 0 Å². The number of hydrogen-bond acceptors (Lipinski definition) is 6. The van der Waals surface area contributed by atoms with E-state index in [-0.39, 0.29) is 23.6 Å². The van der Waals surface area contributed by atoms with E-state index in [9.17, 15) is 14.9 Å². The molecule has 2 aromatic carbocycles. The molecule has 3 rings (SSSR count). The summed E-state index contributed by atoms with van der Waals surface area (Å²) in [7, 11) is 1.41. The summed E-state index contributed by atoms with van der Waals surface area (Å²) in [6.07, 6.45) is 0.754. The van der Waals surface area contributed by atoms with Crippen molar-refractivity contribution in [3.8, 4) is 17.2 Å². The number of nitrogens with zero attached hydrogens (tertiary/aromatic N) is 1. The normalized spacial score (nSPS) is 14.0. The Morgan fingerprint density at radius 2 is 2.11 bits per heavy atom. The highest BCUT2D eigenvalue weighted by atomic mass is 16.6. The second-order valence-electron chi connectivity index (χ2n) is 6.76. The summed E-state index contributed by atoms with van der Waals surface area (Å²) in [6, 6.07) is 9.72. The number of carbonyl (C=O) groups is 1. The van der Waals surface area contributed by atoms with Crippen molar-refractivity contribution in [2.75, 3.05) is 19.0 Å². The number of nitro benzene ring substituents is 1. The van der Waals surface area contributed by atoms with Crippen LogP contribution in [-0.2, 0) is 11.2 Å². The fraction of sp³-hybridized carbons (Fsp3) is 0.316. The van der Waals surface area contributed by atoms with Gasteiger partial charge in [0.25, 0.3) is 11.6 Å². The van der Waals surface area contributed by atoms with Gasteiger partial charge in [0.1, 0.15) is 17.0 Å². The molecule has 2 aromatic rings.